The van der Waals surface area contributed by atoms with Crippen LogP contribution < -0.4 is 0 Å². The molecule has 1 N–H and O–H groups in total. The molecule has 0 spiro atoms. The van der Waals surface area contributed by atoms with E-state index < -0.39 is 0 Å². The SMILES string of the molecule is OC1CC2(c3ccccc3)CCN1CC2. The van der Waals surface area contributed by atoms with Gasteiger partial charge in [0, 0.05) is 18.5 Å². The fourth-order valence-corrected chi connectivity index (χ4v) is 3.13. The van der Waals surface area contributed by atoms with Gasteiger partial charge in [0.15, 0.2) is 0 Å². The molecule has 0 radical (unpaired) electrons. The van der Waals surface area contributed by atoms with Gasteiger partial charge in [-0.25, -0.2) is 0 Å². The number of hydrogen-bond donors (Lipinski definition) is 1. The monoisotopic (exact) mass is 203 g/mol. The van der Waals surface area contributed by atoms with Crippen molar-refractivity contribution >= 4 is 0 Å². The summed E-state index contributed by atoms with van der Waals surface area (Å²) in [5.41, 5.74) is 1.68. The van der Waals surface area contributed by atoms with E-state index in [1.807, 2.05) is 0 Å². The van der Waals surface area contributed by atoms with Gasteiger partial charge in [-0.05, 0) is 24.8 Å². The third-order valence-corrected chi connectivity index (χ3v) is 4.14. The molecule has 0 aromatic heterocycles. The van der Waals surface area contributed by atoms with Crippen molar-refractivity contribution in [2.75, 3.05) is 13.1 Å². The number of hydrogen-bond acceptors (Lipinski definition) is 2. The summed E-state index contributed by atoms with van der Waals surface area (Å²) in [5.74, 6) is 0. The molecule has 3 fully saturated rings. The van der Waals surface area contributed by atoms with E-state index >= 15 is 0 Å². The van der Waals surface area contributed by atoms with Crippen molar-refractivity contribution in [2.24, 2.45) is 0 Å². The predicted molar refractivity (Wildman–Crippen MR) is 59.6 cm³/mol. The largest absolute Gasteiger partial charge is 0.378 e. The van der Waals surface area contributed by atoms with E-state index in [4.69, 9.17) is 0 Å². The molecule has 2 heteroatoms. The lowest BCUT2D eigenvalue weighted by atomic mass is 9.67. The summed E-state index contributed by atoms with van der Waals surface area (Å²) in [6.45, 7) is 2.10. The maximum absolute atomic E-state index is 9.95. The van der Waals surface area contributed by atoms with Crippen LogP contribution in [0.5, 0.6) is 0 Å². The first-order chi connectivity index (χ1) is 7.30. The van der Waals surface area contributed by atoms with Gasteiger partial charge in [0.1, 0.15) is 6.23 Å². The molecule has 2 bridgehead atoms. The number of nitrogens with zero attached hydrogens (tertiary/aromatic N) is 1. The maximum Gasteiger partial charge on any atom is 0.108 e. The zero-order valence-corrected chi connectivity index (χ0v) is 8.89. The first-order valence-electron chi connectivity index (χ1n) is 5.78. The second-order valence-electron chi connectivity index (χ2n) is 4.87. The van der Waals surface area contributed by atoms with Crippen LogP contribution in [0.1, 0.15) is 24.8 Å². The summed E-state index contributed by atoms with van der Waals surface area (Å²) in [6, 6.07) is 10.7. The molecule has 1 unspecified atom stereocenters. The van der Waals surface area contributed by atoms with Crippen molar-refractivity contribution in [3.63, 3.8) is 0 Å². The number of benzene rings is 1. The van der Waals surface area contributed by atoms with Crippen LogP contribution in [-0.2, 0) is 5.41 Å². The van der Waals surface area contributed by atoms with Gasteiger partial charge in [0.25, 0.3) is 0 Å². The highest BCUT2D eigenvalue weighted by atomic mass is 16.3. The Hall–Kier alpha value is -0.860. The summed E-state index contributed by atoms with van der Waals surface area (Å²) in [5, 5.41) is 9.95. The number of fused-ring (bicyclic) bond motifs is 3. The lowest BCUT2D eigenvalue weighted by Crippen LogP contribution is -2.55. The minimum Gasteiger partial charge on any atom is -0.378 e. The number of aliphatic hydroxyl groups excluding tert-OH is 1. The molecule has 0 saturated carbocycles. The highest BCUT2D eigenvalue weighted by Gasteiger charge is 2.44. The lowest BCUT2D eigenvalue weighted by Gasteiger charge is -2.51. The molecular weight excluding hydrogens is 186 g/mol. The Balaban J connectivity index is 1.96. The Kier molecular flexibility index (Phi) is 2.08. The highest BCUT2D eigenvalue weighted by Crippen LogP contribution is 2.44. The minimum atomic E-state index is -0.215. The van der Waals surface area contributed by atoms with Crippen molar-refractivity contribution in [1.82, 2.24) is 4.90 Å². The second kappa shape index (κ2) is 3.32. The fourth-order valence-electron chi connectivity index (χ4n) is 3.13. The smallest absolute Gasteiger partial charge is 0.108 e. The Bertz CT molecular complexity index is 341. The first kappa shape index (κ1) is 9.37. The average molecular weight is 203 g/mol. The van der Waals surface area contributed by atoms with Crippen LogP contribution in [0.25, 0.3) is 0 Å². The van der Waals surface area contributed by atoms with Crippen LogP contribution in [0.2, 0.25) is 0 Å². The molecule has 1 atom stereocenters. The fraction of sp³-hybridized carbons (Fsp3) is 0.538. The van der Waals surface area contributed by atoms with Gasteiger partial charge in [-0.15, -0.1) is 0 Å². The molecular formula is C13H17NO. The third-order valence-electron chi connectivity index (χ3n) is 4.14. The van der Waals surface area contributed by atoms with Gasteiger partial charge in [-0.3, -0.25) is 4.90 Å². The van der Waals surface area contributed by atoms with Crippen LogP contribution in [0.4, 0.5) is 0 Å². The molecule has 0 amide bonds. The number of rotatable bonds is 1. The topological polar surface area (TPSA) is 23.5 Å². The summed E-state index contributed by atoms with van der Waals surface area (Å²) in [4.78, 5) is 2.20. The Morgan fingerprint density at radius 2 is 1.80 bits per heavy atom. The van der Waals surface area contributed by atoms with Crippen LogP contribution >= 0.6 is 0 Å². The highest BCUT2D eigenvalue weighted by molar-refractivity contribution is 5.27. The third kappa shape index (κ3) is 1.40. The predicted octanol–water partition coefficient (Wildman–Crippen LogP) is 1.74. The molecule has 3 aliphatic rings. The normalized spacial score (nSPS) is 39.3. The van der Waals surface area contributed by atoms with E-state index in [0.29, 0.717) is 0 Å². The van der Waals surface area contributed by atoms with Gasteiger partial charge in [-0.2, -0.15) is 0 Å². The zero-order valence-electron chi connectivity index (χ0n) is 8.89. The van der Waals surface area contributed by atoms with E-state index in [-0.39, 0.29) is 11.6 Å². The van der Waals surface area contributed by atoms with Crippen LogP contribution in [0.3, 0.4) is 0 Å². The quantitative estimate of drug-likeness (QED) is 0.751. The van der Waals surface area contributed by atoms with Gasteiger partial charge in [0.05, 0.1) is 0 Å². The van der Waals surface area contributed by atoms with Gasteiger partial charge >= 0.3 is 0 Å². The zero-order chi connectivity index (χ0) is 10.3. The number of aliphatic hydroxyl groups is 1. The second-order valence-corrected chi connectivity index (χ2v) is 4.87. The molecule has 3 saturated heterocycles. The van der Waals surface area contributed by atoms with E-state index in [1.54, 1.807) is 0 Å². The van der Waals surface area contributed by atoms with Crippen molar-refractivity contribution in [3.05, 3.63) is 35.9 Å². The van der Waals surface area contributed by atoms with Crippen molar-refractivity contribution < 1.29 is 5.11 Å². The van der Waals surface area contributed by atoms with Crippen molar-refractivity contribution in [3.8, 4) is 0 Å². The molecule has 15 heavy (non-hydrogen) atoms. The lowest BCUT2D eigenvalue weighted by molar-refractivity contribution is -0.0900. The van der Waals surface area contributed by atoms with Gasteiger partial charge in [-0.1, -0.05) is 30.3 Å². The molecule has 3 aliphatic heterocycles. The van der Waals surface area contributed by atoms with Crippen LogP contribution in [0, 0.1) is 0 Å². The van der Waals surface area contributed by atoms with Crippen LogP contribution in [-0.4, -0.2) is 29.3 Å². The van der Waals surface area contributed by atoms with Crippen molar-refractivity contribution in [2.45, 2.75) is 30.9 Å². The molecule has 1 aromatic carbocycles. The Morgan fingerprint density at radius 1 is 1.13 bits per heavy atom. The minimum absolute atomic E-state index is 0.215. The van der Waals surface area contributed by atoms with E-state index in [2.05, 4.69) is 35.2 Å². The molecule has 2 nitrogen and oxygen atoms in total. The summed E-state index contributed by atoms with van der Waals surface area (Å²) in [6.07, 6.45) is 3.10. The summed E-state index contributed by atoms with van der Waals surface area (Å²) < 4.78 is 0. The molecule has 0 aliphatic carbocycles. The van der Waals surface area contributed by atoms with E-state index in [1.165, 1.54) is 18.4 Å². The Morgan fingerprint density at radius 3 is 2.40 bits per heavy atom. The standard InChI is InChI=1S/C13H17NO/c15-12-10-13(6-8-14(12)9-7-13)11-4-2-1-3-5-11/h1-5,12,15H,6-10H2. The summed E-state index contributed by atoms with van der Waals surface area (Å²) in [7, 11) is 0. The first-order valence-corrected chi connectivity index (χ1v) is 5.78. The van der Waals surface area contributed by atoms with Crippen molar-refractivity contribution in [1.29, 1.82) is 0 Å². The molecule has 3 heterocycles. The summed E-state index contributed by atoms with van der Waals surface area (Å²) >= 11 is 0. The number of piperidine rings is 3. The molecule has 1 aromatic rings. The van der Waals surface area contributed by atoms with Crippen LogP contribution in [0.15, 0.2) is 30.3 Å². The Labute approximate surface area is 90.5 Å². The molecule has 4 rings (SSSR count). The van der Waals surface area contributed by atoms with E-state index in [9.17, 15) is 5.11 Å². The van der Waals surface area contributed by atoms with Gasteiger partial charge < -0.3 is 5.11 Å². The average Bonchev–Trinajstić information content (AvgIpc) is 2.31. The van der Waals surface area contributed by atoms with Gasteiger partial charge in [0.2, 0.25) is 0 Å². The molecule has 80 valence electrons. The van der Waals surface area contributed by atoms with E-state index in [0.717, 1.165) is 19.5 Å². The maximum atomic E-state index is 9.95.